The molecule has 154 valence electrons. The molecule has 2 amide bonds. The Balaban J connectivity index is 1.37. The summed E-state index contributed by atoms with van der Waals surface area (Å²) < 4.78 is 12.1. The van der Waals surface area contributed by atoms with Crippen LogP contribution in [0.1, 0.15) is 11.9 Å². The van der Waals surface area contributed by atoms with Crippen LogP contribution in [0.2, 0.25) is 0 Å². The van der Waals surface area contributed by atoms with Crippen molar-refractivity contribution in [2.24, 2.45) is 0 Å². The van der Waals surface area contributed by atoms with Gasteiger partial charge in [0, 0.05) is 24.4 Å². The Bertz CT molecular complexity index is 1080. The van der Waals surface area contributed by atoms with Crippen molar-refractivity contribution in [1.29, 1.82) is 0 Å². The number of nitrogens with zero attached hydrogens (tertiary/aromatic N) is 2. The van der Waals surface area contributed by atoms with Crippen molar-refractivity contribution in [3.05, 3.63) is 53.5 Å². The number of fused-ring (bicyclic) bond motifs is 2. The molecule has 1 aliphatic rings. The maximum Gasteiger partial charge on any atom is 0.247 e. The van der Waals surface area contributed by atoms with Crippen LogP contribution in [0.3, 0.4) is 0 Å². The molecule has 1 N–H and O–H groups in total. The quantitative estimate of drug-likeness (QED) is 0.613. The molecule has 0 spiro atoms. The van der Waals surface area contributed by atoms with E-state index < -0.39 is 0 Å². The molecule has 0 saturated carbocycles. The molecule has 0 bridgehead atoms. The largest absolute Gasteiger partial charge is 0.486 e. The SMILES string of the molecule is CCN(CC(=O)Nc1ccc2c(c1)OCCO2)C(=O)/C=C/c1nc2ccccc2s1. The highest BCUT2D eigenvalue weighted by molar-refractivity contribution is 7.19. The van der Waals surface area contributed by atoms with Gasteiger partial charge in [-0.05, 0) is 37.3 Å². The van der Waals surface area contributed by atoms with Gasteiger partial charge in [-0.1, -0.05) is 12.1 Å². The van der Waals surface area contributed by atoms with Crippen molar-refractivity contribution in [3.8, 4) is 11.5 Å². The Hall–Kier alpha value is -3.39. The number of hydrogen-bond acceptors (Lipinski definition) is 6. The summed E-state index contributed by atoms with van der Waals surface area (Å²) in [6.45, 7) is 3.19. The standard InChI is InChI=1S/C22H21N3O4S/c1-2-25(22(27)10-9-21-24-16-5-3-4-6-19(16)30-21)14-20(26)23-15-7-8-17-18(13-15)29-12-11-28-17/h3-10,13H,2,11-12,14H2,1H3,(H,23,26)/b10-9+. The number of benzene rings is 2. The van der Waals surface area contributed by atoms with E-state index in [1.54, 1.807) is 24.3 Å². The number of ether oxygens (including phenoxy) is 2. The third-order valence-electron chi connectivity index (χ3n) is 4.53. The number of nitrogens with one attached hydrogen (secondary N) is 1. The van der Waals surface area contributed by atoms with E-state index in [0.29, 0.717) is 36.9 Å². The highest BCUT2D eigenvalue weighted by Crippen LogP contribution is 2.32. The summed E-state index contributed by atoms with van der Waals surface area (Å²) in [5.74, 6) is 0.732. The maximum atomic E-state index is 12.5. The molecule has 0 unspecified atom stereocenters. The van der Waals surface area contributed by atoms with E-state index in [4.69, 9.17) is 9.47 Å². The van der Waals surface area contributed by atoms with Crippen molar-refractivity contribution < 1.29 is 19.1 Å². The zero-order valence-electron chi connectivity index (χ0n) is 16.5. The Morgan fingerprint density at radius 2 is 1.97 bits per heavy atom. The number of amides is 2. The van der Waals surface area contributed by atoms with Gasteiger partial charge in [-0.25, -0.2) is 4.98 Å². The lowest BCUT2D eigenvalue weighted by Crippen LogP contribution is -2.36. The van der Waals surface area contributed by atoms with Crippen LogP contribution >= 0.6 is 11.3 Å². The van der Waals surface area contributed by atoms with E-state index in [9.17, 15) is 9.59 Å². The van der Waals surface area contributed by atoms with Gasteiger partial charge in [0.2, 0.25) is 11.8 Å². The van der Waals surface area contributed by atoms with E-state index >= 15 is 0 Å². The summed E-state index contributed by atoms with van der Waals surface area (Å²) >= 11 is 1.52. The van der Waals surface area contributed by atoms with Crippen LogP contribution in [-0.2, 0) is 9.59 Å². The molecule has 7 nitrogen and oxygen atoms in total. The fraction of sp³-hybridized carbons (Fsp3) is 0.227. The molecule has 3 aromatic rings. The van der Waals surface area contributed by atoms with Gasteiger partial charge >= 0.3 is 0 Å². The average molecular weight is 423 g/mol. The van der Waals surface area contributed by atoms with E-state index in [1.807, 2.05) is 31.2 Å². The summed E-state index contributed by atoms with van der Waals surface area (Å²) in [5.41, 5.74) is 1.50. The first kappa shape index (κ1) is 19.9. The van der Waals surface area contributed by atoms with Crippen LogP contribution in [-0.4, -0.2) is 48.0 Å². The summed E-state index contributed by atoms with van der Waals surface area (Å²) in [6.07, 6.45) is 3.15. The second-order valence-electron chi connectivity index (χ2n) is 6.61. The van der Waals surface area contributed by atoms with E-state index in [0.717, 1.165) is 15.2 Å². The monoisotopic (exact) mass is 423 g/mol. The minimum absolute atomic E-state index is 0.0477. The molecule has 0 aliphatic carbocycles. The summed E-state index contributed by atoms with van der Waals surface area (Å²) in [5, 5.41) is 3.55. The maximum absolute atomic E-state index is 12.5. The first-order chi connectivity index (χ1) is 14.6. The molecule has 0 fully saturated rings. The van der Waals surface area contributed by atoms with Crippen molar-refractivity contribution in [1.82, 2.24) is 9.88 Å². The van der Waals surface area contributed by atoms with Gasteiger partial charge in [-0.2, -0.15) is 0 Å². The molecule has 0 saturated heterocycles. The van der Waals surface area contributed by atoms with Crippen LogP contribution in [0.15, 0.2) is 48.5 Å². The molecular formula is C22H21N3O4S. The lowest BCUT2D eigenvalue weighted by Gasteiger charge is -2.20. The molecule has 1 aliphatic heterocycles. The number of rotatable bonds is 6. The van der Waals surface area contributed by atoms with Gasteiger partial charge in [-0.3, -0.25) is 9.59 Å². The van der Waals surface area contributed by atoms with E-state index in [1.165, 1.54) is 22.3 Å². The van der Waals surface area contributed by atoms with Crippen LogP contribution in [0.25, 0.3) is 16.3 Å². The summed E-state index contributed by atoms with van der Waals surface area (Å²) in [4.78, 5) is 30.9. The Labute approximate surface area is 177 Å². The van der Waals surface area contributed by atoms with E-state index in [2.05, 4.69) is 10.3 Å². The van der Waals surface area contributed by atoms with Gasteiger partial charge in [0.1, 0.15) is 24.8 Å². The smallest absolute Gasteiger partial charge is 0.247 e. The molecule has 1 aromatic heterocycles. The molecule has 2 aromatic carbocycles. The summed E-state index contributed by atoms with van der Waals surface area (Å²) in [6, 6.07) is 13.0. The second-order valence-corrected chi connectivity index (χ2v) is 7.67. The first-order valence-corrected chi connectivity index (χ1v) is 10.5. The number of para-hydroxylation sites is 1. The lowest BCUT2D eigenvalue weighted by molar-refractivity contribution is -0.130. The fourth-order valence-electron chi connectivity index (χ4n) is 3.05. The number of carbonyl (C=O) groups excluding carboxylic acids is 2. The van der Waals surface area contributed by atoms with Crippen LogP contribution in [0, 0.1) is 0 Å². The van der Waals surface area contributed by atoms with Gasteiger partial charge in [0.15, 0.2) is 11.5 Å². The van der Waals surface area contributed by atoms with Crippen LogP contribution in [0.5, 0.6) is 11.5 Å². The number of likely N-dealkylation sites (N-methyl/N-ethyl adjacent to an activating group) is 1. The molecule has 30 heavy (non-hydrogen) atoms. The second kappa shape index (κ2) is 8.96. The third-order valence-corrected chi connectivity index (χ3v) is 5.53. The predicted molar refractivity (Wildman–Crippen MR) is 117 cm³/mol. The van der Waals surface area contributed by atoms with Crippen LogP contribution in [0.4, 0.5) is 5.69 Å². The topological polar surface area (TPSA) is 80.8 Å². The van der Waals surface area contributed by atoms with Gasteiger partial charge in [-0.15, -0.1) is 11.3 Å². The Morgan fingerprint density at radius 1 is 1.17 bits per heavy atom. The average Bonchev–Trinajstić information content (AvgIpc) is 3.19. The number of aromatic nitrogens is 1. The minimum atomic E-state index is -0.282. The van der Waals surface area contributed by atoms with Gasteiger partial charge in [0.05, 0.1) is 10.2 Å². The van der Waals surface area contributed by atoms with Crippen molar-refractivity contribution >= 4 is 45.1 Å². The fourth-order valence-corrected chi connectivity index (χ4v) is 3.92. The number of carbonyl (C=O) groups is 2. The number of hydrogen-bond donors (Lipinski definition) is 1. The normalized spacial score (nSPS) is 12.8. The molecule has 4 rings (SSSR count). The summed E-state index contributed by atoms with van der Waals surface area (Å²) in [7, 11) is 0. The zero-order valence-corrected chi connectivity index (χ0v) is 17.3. The Morgan fingerprint density at radius 3 is 2.77 bits per heavy atom. The third kappa shape index (κ3) is 4.60. The van der Waals surface area contributed by atoms with Crippen molar-refractivity contribution in [3.63, 3.8) is 0 Å². The first-order valence-electron chi connectivity index (χ1n) is 9.64. The Kier molecular flexibility index (Phi) is 5.94. The molecule has 0 atom stereocenters. The lowest BCUT2D eigenvalue weighted by atomic mass is 10.2. The zero-order chi connectivity index (χ0) is 20.9. The molecule has 0 radical (unpaired) electrons. The minimum Gasteiger partial charge on any atom is -0.486 e. The van der Waals surface area contributed by atoms with Gasteiger partial charge < -0.3 is 19.7 Å². The van der Waals surface area contributed by atoms with Crippen molar-refractivity contribution in [2.45, 2.75) is 6.92 Å². The molecule has 2 heterocycles. The van der Waals surface area contributed by atoms with E-state index in [-0.39, 0.29) is 18.4 Å². The molecule has 8 heteroatoms. The van der Waals surface area contributed by atoms with Crippen molar-refractivity contribution in [2.75, 3.05) is 31.6 Å². The van der Waals surface area contributed by atoms with Gasteiger partial charge in [0.25, 0.3) is 0 Å². The predicted octanol–water partition coefficient (Wildman–Crippen LogP) is 3.57. The number of thiazole rings is 1. The number of anilines is 1. The molecular weight excluding hydrogens is 402 g/mol. The highest BCUT2D eigenvalue weighted by Gasteiger charge is 2.16. The van der Waals surface area contributed by atoms with Crippen LogP contribution < -0.4 is 14.8 Å². The highest BCUT2D eigenvalue weighted by atomic mass is 32.1.